The van der Waals surface area contributed by atoms with Crippen molar-refractivity contribution in [2.75, 3.05) is 11.1 Å². The molecule has 4 nitrogen and oxygen atoms in total. The number of carboxylic acids is 1. The van der Waals surface area contributed by atoms with E-state index >= 15 is 0 Å². The Morgan fingerprint density at radius 3 is 2.38 bits per heavy atom. The monoisotopic (exact) mass is 351 g/mol. The lowest BCUT2D eigenvalue weighted by Crippen LogP contribution is -2.11. The number of hydrogen-bond acceptors (Lipinski definition) is 3. The molecule has 1 aromatic carbocycles. The van der Waals surface area contributed by atoms with Crippen molar-refractivity contribution in [3.63, 3.8) is 0 Å². The number of rotatable bonds is 13. The van der Waals surface area contributed by atoms with Gasteiger partial charge in [0.25, 0.3) is 0 Å². The normalized spacial score (nSPS) is 10.5. The predicted molar refractivity (Wildman–Crippen MR) is 101 cm³/mol. The van der Waals surface area contributed by atoms with Gasteiger partial charge in [0.2, 0.25) is 5.91 Å². The van der Waals surface area contributed by atoms with Gasteiger partial charge in [-0.3, -0.25) is 9.59 Å². The van der Waals surface area contributed by atoms with Gasteiger partial charge in [-0.2, -0.15) is 0 Å². The number of carbonyl (C=O) groups excluding carboxylic acids is 1. The summed E-state index contributed by atoms with van der Waals surface area (Å²) in [4.78, 5) is 23.6. The number of carboxylic acid groups (broad SMARTS) is 1. The summed E-state index contributed by atoms with van der Waals surface area (Å²) in [7, 11) is 0. The van der Waals surface area contributed by atoms with Gasteiger partial charge >= 0.3 is 5.97 Å². The number of aliphatic carboxylic acids is 1. The number of carbonyl (C=O) groups is 2. The van der Waals surface area contributed by atoms with E-state index in [2.05, 4.69) is 18.3 Å². The zero-order chi connectivity index (χ0) is 17.6. The van der Waals surface area contributed by atoms with Crippen molar-refractivity contribution in [1.29, 1.82) is 0 Å². The molecule has 1 amide bonds. The molecule has 134 valence electrons. The summed E-state index contributed by atoms with van der Waals surface area (Å²) in [6, 6.07) is 7.96. The topological polar surface area (TPSA) is 66.4 Å². The predicted octanol–water partition coefficient (Wildman–Crippen LogP) is 5.33. The molecular weight excluding hydrogens is 322 g/mol. The average molecular weight is 352 g/mol. The Morgan fingerprint density at radius 2 is 1.67 bits per heavy atom. The van der Waals surface area contributed by atoms with Gasteiger partial charge in [-0.15, -0.1) is 11.8 Å². The van der Waals surface area contributed by atoms with Crippen molar-refractivity contribution >= 4 is 29.3 Å². The van der Waals surface area contributed by atoms with Gasteiger partial charge in [-0.25, -0.2) is 0 Å². The molecule has 0 aliphatic heterocycles. The van der Waals surface area contributed by atoms with Crippen molar-refractivity contribution < 1.29 is 14.7 Å². The van der Waals surface area contributed by atoms with Crippen LogP contribution in [0.25, 0.3) is 0 Å². The Bertz CT molecular complexity index is 505. The number of anilines is 1. The summed E-state index contributed by atoms with van der Waals surface area (Å²) in [5.41, 5.74) is 0.907. The maximum atomic E-state index is 12.1. The summed E-state index contributed by atoms with van der Waals surface area (Å²) in [6.45, 7) is 2.18. The largest absolute Gasteiger partial charge is 0.481 e. The first-order valence-corrected chi connectivity index (χ1v) is 9.85. The third-order valence-electron chi connectivity index (χ3n) is 3.71. The summed E-state index contributed by atoms with van der Waals surface area (Å²) in [5.74, 6) is 0.397. The molecule has 0 radical (unpaired) electrons. The molecule has 5 heteroatoms. The Hall–Kier alpha value is -1.49. The lowest BCUT2D eigenvalue weighted by molar-refractivity contribution is -0.137. The summed E-state index contributed by atoms with van der Waals surface area (Å²) >= 11 is 1.79. The van der Waals surface area contributed by atoms with Gasteiger partial charge in [0.15, 0.2) is 0 Å². The maximum absolute atomic E-state index is 12.1. The Kier molecular flexibility index (Phi) is 11.0. The number of amides is 1. The van der Waals surface area contributed by atoms with Crippen LogP contribution in [0.4, 0.5) is 5.69 Å². The van der Waals surface area contributed by atoms with Crippen LogP contribution in [0.2, 0.25) is 0 Å². The molecule has 2 N–H and O–H groups in total. The SMILES string of the molecule is CCCCSc1ccccc1NC(=O)CCCCCCCC(=O)O. The van der Waals surface area contributed by atoms with E-state index < -0.39 is 5.97 Å². The zero-order valence-electron chi connectivity index (χ0n) is 14.6. The summed E-state index contributed by atoms with van der Waals surface area (Å²) < 4.78 is 0. The van der Waals surface area contributed by atoms with Crippen LogP contribution in [0.1, 0.15) is 64.7 Å². The number of unbranched alkanes of at least 4 members (excludes halogenated alkanes) is 5. The van der Waals surface area contributed by atoms with Crippen molar-refractivity contribution in [2.24, 2.45) is 0 Å². The third kappa shape index (κ3) is 9.60. The van der Waals surface area contributed by atoms with Crippen LogP contribution in [0, 0.1) is 0 Å². The third-order valence-corrected chi connectivity index (χ3v) is 4.87. The minimum Gasteiger partial charge on any atom is -0.481 e. The van der Waals surface area contributed by atoms with Gasteiger partial charge in [-0.05, 0) is 37.1 Å². The Balaban J connectivity index is 2.24. The van der Waals surface area contributed by atoms with Crippen molar-refractivity contribution in [1.82, 2.24) is 0 Å². The molecule has 0 atom stereocenters. The molecule has 0 bridgehead atoms. The van der Waals surface area contributed by atoms with E-state index in [1.807, 2.05) is 18.2 Å². The molecule has 0 fully saturated rings. The van der Waals surface area contributed by atoms with Crippen LogP contribution in [-0.2, 0) is 9.59 Å². The number of thioether (sulfide) groups is 1. The quantitative estimate of drug-likeness (QED) is 0.372. The summed E-state index contributed by atoms with van der Waals surface area (Å²) in [6.07, 6.45) is 7.57. The van der Waals surface area contributed by atoms with Crippen molar-refractivity contribution in [3.8, 4) is 0 Å². The van der Waals surface area contributed by atoms with Crippen LogP contribution >= 0.6 is 11.8 Å². The molecule has 0 spiro atoms. The molecule has 0 unspecified atom stereocenters. The molecule has 1 aromatic rings. The highest BCUT2D eigenvalue weighted by atomic mass is 32.2. The highest BCUT2D eigenvalue weighted by molar-refractivity contribution is 7.99. The average Bonchev–Trinajstić information content (AvgIpc) is 2.55. The van der Waals surface area contributed by atoms with E-state index in [0.717, 1.165) is 48.4 Å². The van der Waals surface area contributed by atoms with Crippen molar-refractivity contribution in [3.05, 3.63) is 24.3 Å². The fraction of sp³-hybridized carbons (Fsp3) is 0.579. The molecule has 1 rings (SSSR count). The van der Waals surface area contributed by atoms with Crippen LogP contribution in [-0.4, -0.2) is 22.7 Å². The molecule has 0 saturated heterocycles. The standard InChI is InChI=1S/C19H29NO3S/c1-2-3-15-24-17-12-10-9-11-16(17)20-18(21)13-7-5-4-6-8-14-19(22)23/h9-12H,2-8,13-15H2,1H3,(H,20,21)(H,22,23). The van der Waals surface area contributed by atoms with E-state index in [1.54, 1.807) is 11.8 Å². The number of para-hydroxylation sites is 1. The number of benzene rings is 1. The highest BCUT2D eigenvalue weighted by Gasteiger charge is 2.07. The molecular formula is C19H29NO3S. The molecule has 0 heterocycles. The van der Waals surface area contributed by atoms with Crippen LogP contribution < -0.4 is 5.32 Å². The Labute approximate surface area is 149 Å². The van der Waals surface area contributed by atoms with Crippen LogP contribution in [0.5, 0.6) is 0 Å². The van der Waals surface area contributed by atoms with Gasteiger partial charge in [-0.1, -0.05) is 44.7 Å². The van der Waals surface area contributed by atoms with Crippen LogP contribution in [0.15, 0.2) is 29.2 Å². The Morgan fingerprint density at radius 1 is 1.00 bits per heavy atom. The summed E-state index contributed by atoms with van der Waals surface area (Å²) in [5, 5.41) is 11.6. The molecule has 0 aromatic heterocycles. The smallest absolute Gasteiger partial charge is 0.303 e. The van der Waals surface area contributed by atoms with Gasteiger partial charge in [0, 0.05) is 17.7 Å². The minimum atomic E-state index is -0.732. The lowest BCUT2D eigenvalue weighted by Gasteiger charge is -2.10. The lowest BCUT2D eigenvalue weighted by atomic mass is 10.1. The molecule has 0 aliphatic carbocycles. The van der Waals surface area contributed by atoms with E-state index in [1.165, 1.54) is 12.8 Å². The fourth-order valence-corrected chi connectivity index (χ4v) is 3.43. The first-order chi connectivity index (χ1) is 11.6. The van der Waals surface area contributed by atoms with Crippen molar-refractivity contribution in [2.45, 2.75) is 69.6 Å². The molecule has 0 saturated carbocycles. The first-order valence-electron chi connectivity index (χ1n) is 8.87. The van der Waals surface area contributed by atoms with E-state index in [9.17, 15) is 9.59 Å². The second-order valence-electron chi connectivity index (χ2n) is 5.91. The van der Waals surface area contributed by atoms with E-state index in [4.69, 9.17) is 5.11 Å². The first kappa shape index (κ1) is 20.6. The zero-order valence-corrected chi connectivity index (χ0v) is 15.4. The molecule has 24 heavy (non-hydrogen) atoms. The highest BCUT2D eigenvalue weighted by Crippen LogP contribution is 2.28. The number of nitrogens with one attached hydrogen (secondary N) is 1. The van der Waals surface area contributed by atoms with Gasteiger partial charge in [0.05, 0.1) is 5.69 Å². The van der Waals surface area contributed by atoms with Gasteiger partial charge in [0.1, 0.15) is 0 Å². The van der Waals surface area contributed by atoms with Gasteiger partial charge < -0.3 is 10.4 Å². The number of hydrogen-bond donors (Lipinski definition) is 2. The second kappa shape index (κ2) is 12.9. The fourth-order valence-electron chi connectivity index (χ4n) is 2.33. The van der Waals surface area contributed by atoms with E-state index in [0.29, 0.717) is 6.42 Å². The maximum Gasteiger partial charge on any atom is 0.303 e. The van der Waals surface area contributed by atoms with Crippen LogP contribution in [0.3, 0.4) is 0 Å². The molecule has 0 aliphatic rings. The second-order valence-corrected chi connectivity index (χ2v) is 7.04. The minimum absolute atomic E-state index is 0.0593. The van der Waals surface area contributed by atoms with E-state index in [-0.39, 0.29) is 12.3 Å².